The Morgan fingerprint density at radius 3 is 2.85 bits per heavy atom. The highest BCUT2D eigenvalue weighted by molar-refractivity contribution is 6.62. The topological polar surface area (TPSA) is 62.9 Å². The second-order valence-electron chi connectivity index (χ2n) is 2.41. The molecular weight excluding hydrogens is 190 g/mol. The lowest BCUT2D eigenvalue weighted by Gasteiger charge is -2.18. The van der Waals surface area contributed by atoms with Crippen molar-refractivity contribution < 1.29 is 18.9 Å². The van der Waals surface area contributed by atoms with Gasteiger partial charge >= 0.3 is 9.28 Å². The second kappa shape index (κ2) is 3.86. The van der Waals surface area contributed by atoms with Gasteiger partial charge in [-0.3, -0.25) is 0 Å². The minimum absolute atomic E-state index is 0.0721. The van der Waals surface area contributed by atoms with Crippen LogP contribution in [0.25, 0.3) is 0 Å². The number of benzene rings is 1. The first-order valence-electron chi connectivity index (χ1n) is 3.68. The molecule has 1 aliphatic rings. The van der Waals surface area contributed by atoms with Gasteiger partial charge in [0.05, 0.1) is 0 Å². The van der Waals surface area contributed by atoms with Crippen LogP contribution in [0, 0.1) is 0 Å². The summed E-state index contributed by atoms with van der Waals surface area (Å²) in [5.41, 5.74) is 6.36. The fraction of sp³-hybridized carbons (Fsp3) is 0.143. The van der Waals surface area contributed by atoms with E-state index in [1.807, 2.05) is 18.2 Å². The molecule has 6 heteroatoms. The van der Waals surface area contributed by atoms with E-state index in [0.717, 1.165) is 5.19 Å². The van der Waals surface area contributed by atoms with Gasteiger partial charge in [0.25, 0.3) is 0 Å². The highest BCUT2D eigenvalue weighted by atomic mass is 28.3. The molecule has 69 valence electrons. The summed E-state index contributed by atoms with van der Waals surface area (Å²) >= 11 is 0. The number of nitrogens with two attached hydrogens (primary N) is 1. The zero-order chi connectivity index (χ0) is 9.10. The summed E-state index contributed by atoms with van der Waals surface area (Å²) in [6.07, 6.45) is 0. The van der Waals surface area contributed by atoms with Crippen LogP contribution in [-0.2, 0) is 18.9 Å². The van der Waals surface area contributed by atoms with E-state index in [2.05, 4.69) is 9.93 Å². The maximum atomic E-state index is 5.72. The van der Waals surface area contributed by atoms with Crippen LogP contribution < -0.4 is 10.9 Å². The van der Waals surface area contributed by atoms with Crippen LogP contribution in [-0.4, -0.2) is 16.1 Å². The van der Waals surface area contributed by atoms with Gasteiger partial charge in [0.2, 0.25) is 0 Å². The molecule has 0 bridgehead atoms. The number of para-hydroxylation sites is 1. The predicted octanol–water partition coefficient (Wildman–Crippen LogP) is -0.169. The van der Waals surface area contributed by atoms with Crippen molar-refractivity contribution in [3.8, 4) is 0 Å². The Labute approximate surface area is 76.7 Å². The fourth-order valence-corrected chi connectivity index (χ4v) is 2.09. The van der Waals surface area contributed by atoms with Crippen molar-refractivity contribution in [3.05, 3.63) is 24.3 Å². The van der Waals surface area contributed by atoms with Crippen LogP contribution >= 0.6 is 0 Å². The first kappa shape index (κ1) is 8.67. The van der Waals surface area contributed by atoms with Gasteiger partial charge in [-0.1, -0.05) is 23.2 Å². The van der Waals surface area contributed by atoms with Crippen molar-refractivity contribution in [2.75, 3.05) is 12.5 Å². The van der Waals surface area contributed by atoms with Crippen molar-refractivity contribution in [2.45, 2.75) is 0 Å². The molecule has 1 heterocycles. The van der Waals surface area contributed by atoms with E-state index in [1.165, 1.54) is 0 Å². The van der Waals surface area contributed by atoms with Crippen molar-refractivity contribution >= 4 is 20.2 Å². The molecule has 0 spiro atoms. The van der Waals surface area contributed by atoms with E-state index in [-0.39, 0.29) is 6.79 Å². The van der Waals surface area contributed by atoms with Crippen LogP contribution in [0.5, 0.6) is 0 Å². The third-order valence-corrected chi connectivity index (χ3v) is 3.07. The Kier molecular flexibility index (Phi) is 2.57. The normalized spacial score (nSPS) is 18.8. The maximum absolute atomic E-state index is 5.72. The summed E-state index contributed by atoms with van der Waals surface area (Å²) in [4.78, 5) is 4.40. The first-order chi connectivity index (χ1) is 6.38. The van der Waals surface area contributed by atoms with Crippen LogP contribution in [0.3, 0.4) is 0 Å². The molecule has 1 aliphatic heterocycles. The van der Waals surface area contributed by atoms with Gasteiger partial charge in [-0.05, 0) is 6.07 Å². The average Bonchev–Trinajstić information content (AvgIpc) is 2.20. The summed E-state index contributed by atoms with van der Waals surface area (Å²) in [6, 6.07) is 7.35. The molecule has 13 heavy (non-hydrogen) atoms. The Hall–Kier alpha value is -0.923. The third-order valence-electron chi connectivity index (χ3n) is 1.58. The van der Waals surface area contributed by atoms with Gasteiger partial charge in [0.1, 0.15) is 0 Å². The van der Waals surface area contributed by atoms with Crippen LogP contribution in [0.4, 0.5) is 5.69 Å². The minimum Gasteiger partial charge on any atom is -0.399 e. The summed E-state index contributed by atoms with van der Waals surface area (Å²) in [5, 5.41) is 5.19. The minimum atomic E-state index is -1.63. The zero-order valence-electron chi connectivity index (χ0n) is 6.73. The quantitative estimate of drug-likeness (QED) is 0.385. The van der Waals surface area contributed by atoms with Crippen molar-refractivity contribution in [2.24, 2.45) is 0 Å². The molecule has 1 radical (unpaired) electrons. The highest BCUT2D eigenvalue weighted by Crippen LogP contribution is 2.05. The number of rotatable bonds is 1. The molecule has 1 saturated heterocycles. The van der Waals surface area contributed by atoms with Gasteiger partial charge in [-0.15, -0.1) is 0 Å². The van der Waals surface area contributed by atoms with Crippen LogP contribution in [0.15, 0.2) is 24.3 Å². The Morgan fingerprint density at radius 2 is 2.15 bits per heavy atom. The van der Waals surface area contributed by atoms with E-state index >= 15 is 0 Å². The molecule has 5 nitrogen and oxygen atoms in total. The lowest BCUT2D eigenvalue weighted by atomic mass is 10.3. The number of hydrogen-bond acceptors (Lipinski definition) is 5. The van der Waals surface area contributed by atoms with Gasteiger partial charge in [0, 0.05) is 10.9 Å². The van der Waals surface area contributed by atoms with Gasteiger partial charge in [-0.25, -0.2) is 4.58 Å². The fourth-order valence-electron chi connectivity index (χ4n) is 0.982. The molecule has 2 rings (SSSR count). The third kappa shape index (κ3) is 1.87. The molecule has 0 amide bonds. The van der Waals surface area contributed by atoms with Crippen molar-refractivity contribution in [1.29, 1.82) is 0 Å². The molecule has 0 aliphatic carbocycles. The molecule has 1 aromatic carbocycles. The standard InChI is InChI=1S/C7H8NO4Si/c8-6-3-1-2-4-7(6)13-10-5-9-11-12-13/h1-4H,5,8H2. The SMILES string of the molecule is Nc1ccccc1[Si]1OCOOO1. The molecule has 1 aromatic rings. The summed E-state index contributed by atoms with van der Waals surface area (Å²) < 4.78 is 10.0. The van der Waals surface area contributed by atoms with Crippen LogP contribution in [0.1, 0.15) is 0 Å². The number of hydrogen-bond donors (Lipinski definition) is 1. The number of anilines is 1. The second-order valence-corrected chi connectivity index (χ2v) is 3.98. The largest absolute Gasteiger partial charge is 0.467 e. The van der Waals surface area contributed by atoms with Gasteiger partial charge in [-0.2, -0.15) is 4.89 Å². The average molecular weight is 198 g/mol. The Morgan fingerprint density at radius 1 is 1.31 bits per heavy atom. The predicted molar refractivity (Wildman–Crippen MR) is 45.4 cm³/mol. The molecule has 0 atom stereocenters. The smallest absolute Gasteiger partial charge is 0.399 e. The van der Waals surface area contributed by atoms with E-state index in [4.69, 9.17) is 14.7 Å². The molecule has 0 unspecified atom stereocenters. The summed E-state index contributed by atoms with van der Waals surface area (Å²) in [5.74, 6) is 0. The van der Waals surface area contributed by atoms with Gasteiger partial charge in [0.15, 0.2) is 6.79 Å². The van der Waals surface area contributed by atoms with E-state index in [9.17, 15) is 0 Å². The zero-order valence-corrected chi connectivity index (χ0v) is 7.73. The summed E-state index contributed by atoms with van der Waals surface area (Å²) in [6.45, 7) is 0.0721. The Bertz CT molecular complexity index is 290. The van der Waals surface area contributed by atoms with Crippen molar-refractivity contribution in [3.63, 3.8) is 0 Å². The van der Waals surface area contributed by atoms with E-state index in [0.29, 0.717) is 5.69 Å². The van der Waals surface area contributed by atoms with E-state index in [1.54, 1.807) is 6.07 Å². The Balaban J connectivity index is 2.18. The van der Waals surface area contributed by atoms with Crippen LogP contribution in [0.2, 0.25) is 0 Å². The molecule has 2 N–H and O–H groups in total. The first-order valence-corrected chi connectivity index (χ1v) is 5.00. The van der Waals surface area contributed by atoms with Gasteiger partial charge < -0.3 is 10.2 Å². The molecule has 1 fully saturated rings. The lowest BCUT2D eigenvalue weighted by molar-refractivity contribution is -0.510. The molecule has 0 aromatic heterocycles. The summed E-state index contributed by atoms with van der Waals surface area (Å²) in [7, 11) is -1.63. The van der Waals surface area contributed by atoms with Crippen molar-refractivity contribution in [1.82, 2.24) is 0 Å². The maximum Gasteiger partial charge on any atom is 0.467 e. The highest BCUT2D eigenvalue weighted by Gasteiger charge is 2.27. The lowest BCUT2D eigenvalue weighted by Crippen LogP contribution is -2.42. The van der Waals surface area contributed by atoms with E-state index < -0.39 is 9.28 Å². The monoisotopic (exact) mass is 198 g/mol. The molecule has 0 saturated carbocycles. The number of nitrogen functional groups attached to an aromatic ring is 1. The molecular formula is C7H8NO4Si.